The van der Waals surface area contributed by atoms with Crippen molar-refractivity contribution in [3.05, 3.63) is 48.0 Å². The van der Waals surface area contributed by atoms with Crippen molar-refractivity contribution < 1.29 is 22.8 Å². The predicted molar refractivity (Wildman–Crippen MR) is 231 cm³/mol. The molecule has 1 saturated carbocycles. The van der Waals surface area contributed by atoms with Crippen LogP contribution in [0.25, 0.3) is 0 Å². The Balaban J connectivity index is 2.46. The zero-order valence-corrected chi connectivity index (χ0v) is 38.8. The average molecular weight is 775 g/mol. The van der Waals surface area contributed by atoms with Crippen molar-refractivity contribution in [2.24, 2.45) is 11.8 Å². The molecule has 0 aromatic heterocycles. The summed E-state index contributed by atoms with van der Waals surface area (Å²) in [6.45, 7) is 25.1. The van der Waals surface area contributed by atoms with Gasteiger partial charge in [-0.3, -0.25) is 4.79 Å². The number of carbonyl (C=O) groups excluding carboxylic acids is 1. The van der Waals surface area contributed by atoms with Crippen molar-refractivity contribution in [1.29, 1.82) is 0 Å². The van der Waals surface area contributed by atoms with Crippen LogP contribution in [-0.4, -0.2) is 55.3 Å². The summed E-state index contributed by atoms with van der Waals surface area (Å²) in [5.74, 6) is 0.794. The minimum absolute atomic E-state index is 0.0533. The lowest BCUT2D eigenvalue weighted by molar-refractivity contribution is -0.147. The summed E-state index contributed by atoms with van der Waals surface area (Å²) in [4.78, 5) is 12.1. The van der Waals surface area contributed by atoms with E-state index in [0.29, 0.717) is 18.3 Å². The van der Waals surface area contributed by atoms with Crippen molar-refractivity contribution >= 4 is 30.9 Å². The highest BCUT2D eigenvalue weighted by Gasteiger charge is 2.49. The van der Waals surface area contributed by atoms with Gasteiger partial charge in [-0.05, 0) is 137 Å². The Kier molecular flexibility index (Phi) is 22.2. The number of esters is 1. The quantitative estimate of drug-likeness (QED) is 0.0367. The third kappa shape index (κ3) is 14.6. The highest BCUT2D eigenvalue weighted by molar-refractivity contribution is 6.74. The van der Waals surface area contributed by atoms with E-state index in [2.05, 4.69) is 105 Å². The van der Waals surface area contributed by atoms with Gasteiger partial charge in [-0.2, -0.15) is 0 Å². The van der Waals surface area contributed by atoms with Gasteiger partial charge in [0.05, 0.1) is 18.3 Å². The minimum atomic E-state index is -1.84. The zero-order valence-electron chi connectivity index (χ0n) is 35.8. The molecule has 0 saturated heterocycles. The Hall–Kier alpha value is -1.04. The van der Waals surface area contributed by atoms with Crippen LogP contribution in [0.1, 0.15) is 133 Å². The van der Waals surface area contributed by atoms with Gasteiger partial charge in [-0.25, -0.2) is 0 Å². The maximum absolute atomic E-state index is 12.1. The number of allylic oxidation sites excluding steroid dienone is 2. The van der Waals surface area contributed by atoms with Gasteiger partial charge in [0.2, 0.25) is 0 Å². The van der Waals surface area contributed by atoms with Crippen molar-refractivity contribution in [2.45, 2.75) is 213 Å². The molecule has 2 unspecified atom stereocenters. The van der Waals surface area contributed by atoms with Crippen molar-refractivity contribution in [2.75, 3.05) is 0 Å². The third-order valence-corrected chi connectivity index (χ3v) is 27.1. The smallest absolute Gasteiger partial charge is 0.306 e. The second kappa shape index (κ2) is 24.5. The van der Waals surface area contributed by atoms with Crippen LogP contribution in [0.5, 0.6) is 0 Å². The lowest BCUT2D eigenvalue weighted by Crippen LogP contribution is -2.42. The Bertz CT molecular complexity index is 1090. The van der Waals surface area contributed by atoms with Gasteiger partial charge in [-0.1, -0.05) is 105 Å². The summed E-state index contributed by atoms with van der Waals surface area (Å²) < 4.78 is 27.7. The Morgan fingerprint density at radius 2 is 1.23 bits per heavy atom. The molecule has 1 aromatic rings. The van der Waals surface area contributed by atoms with Crippen LogP contribution in [0.15, 0.2) is 42.5 Å². The van der Waals surface area contributed by atoms with Crippen molar-refractivity contribution in [3.8, 4) is 0 Å². The van der Waals surface area contributed by atoms with Gasteiger partial charge in [0.1, 0.15) is 0 Å². The summed E-state index contributed by atoms with van der Waals surface area (Å²) in [7, 11) is -5.46. The van der Waals surface area contributed by atoms with E-state index in [-0.39, 0.29) is 30.4 Å². The van der Waals surface area contributed by atoms with Gasteiger partial charge >= 0.3 is 5.97 Å². The summed E-state index contributed by atoms with van der Waals surface area (Å²) in [5.41, 5.74) is 1.41. The molecule has 8 heteroatoms. The van der Waals surface area contributed by atoms with Crippen LogP contribution in [0.4, 0.5) is 0 Å². The molecule has 52 heavy (non-hydrogen) atoms. The molecule has 5 atom stereocenters. The van der Waals surface area contributed by atoms with Crippen LogP contribution in [0.3, 0.4) is 0 Å². The lowest BCUT2D eigenvalue weighted by atomic mass is 9.85. The second-order valence-electron chi connectivity index (χ2n) is 16.1. The van der Waals surface area contributed by atoms with Crippen LogP contribution < -0.4 is 0 Å². The third-order valence-electron chi connectivity index (χ3n) is 13.1. The van der Waals surface area contributed by atoms with Crippen LogP contribution in [0.2, 0.25) is 54.4 Å². The molecule has 0 spiro atoms. The fourth-order valence-corrected chi connectivity index (χ4v) is 17.6. The molecule has 2 rings (SSSR count). The summed E-state index contributed by atoms with van der Waals surface area (Å²) >= 11 is 0. The summed E-state index contributed by atoms with van der Waals surface area (Å²) in [5, 5.41) is 0. The Morgan fingerprint density at radius 3 is 1.73 bits per heavy atom. The molecular weight excluding hydrogens is 693 g/mol. The standard InChI is InChI=1S/C44H82O5Si3/c1-12-50(13-2,14-3)47-39(33-32-38-28-24-23-25-29-38)34-35-41-40(30-26-21-22-27-31-44(45)46-37(10)11)42(48-51(15-4,16-5)17-6)36-43(41)49-52(18-7,19-8)20-9/h21,23-26,28-29,37,39-43H,12-20,22,27,30-36H2,1-11H3/b26-21-/t39-,40+,41+,42?,43?/m0/s1. The van der Waals surface area contributed by atoms with E-state index >= 15 is 0 Å². The molecule has 0 bridgehead atoms. The lowest BCUT2D eigenvalue weighted by Gasteiger charge is -2.37. The van der Waals surface area contributed by atoms with Crippen molar-refractivity contribution in [3.63, 3.8) is 0 Å². The van der Waals surface area contributed by atoms with E-state index in [0.717, 1.165) is 51.4 Å². The molecule has 1 aliphatic carbocycles. The molecular formula is C44H82O5Si3. The zero-order chi connectivity index (χ0) is 38.6. The van der Waals surface area contributed by atoms with Crippen LogP contribution >= 0.6 is 0 Å². The fraction of sp³-hybridized carbons (Fsp3) is 0.795. The normalized spacial score (nSPS) is 20.6. The second-order valence-corrected chi connectivity index (χ2v) is 30.3. The van der Waals surface area contributed by atoms with E-state index in [4.69, 9.17) is 18.0 Å². The number of unbranched alkanes of at least 4 members (excludes halogenated alkanes) is 1. The van der Waals surface area contributed by atoms with E-state index in [1.54, 1.807) is 0 Å². The Morgan fingerprint density at radius 1 is 0.712 bits per heavy atom. The minimum Gasteiger partial charge on any atom is -0.463 e. The molecule has 5 nitrogen and oxygen atoms in total. The topological polar surface area (TPSA) is 54.0 Å². The first-order valence-electron chi connectivity index (χ1n) is 21.9. The maximum atomic E-state index is 12.1. The van der Waals surface area contributed by atoms with Crippen LogP contribution in [-0.2, 0) is 29.2 Å². The fourth-order valence-electron chi connectivity index (χ4n) is 8.79. The molecule has 0 heterocycles. The van der Waals surface area contributed by atoms with Crippen LogP contribution in [0, 0.1) is 11.8 Å². The SMILES string of the molecule is CC[Si](CC)(CC)OC1CC(O[Si](CC)(CC)CC)[C@H](CC[C@H](CCc2ccccc2)O[Si](CC)(CC)CC)[C@H]1C/C=C\CCCC(=O)OC(C)C. The first-order valence-corrected chi connectivity index (χ1v) is 29.5. The first-order chi connectivity index (χ1) is 25.0. The van der Waals surface area contributed by atoms with Gasteiger partial charge in [-0.15, -0.1) is 0 Å². The molecule has 300 valence electrons. The monoisotopic (exact) mass is 775 g/mol. The molecule has 0 N–H and O–H groups in total. The summed E-state index contributed by atoms with van der Waals surface area (Å²) in [6, 6.07) is 21.6. The Labute approximate surface area is 325 Å². The number of ether oxygens (including phenoxy) is 1. The molecule has 1 aliphatic rings. The summed E-state index contributed by atoms with van der Waals surface area (Å²) in [6.07, 6.45) is 14.0. The average Bonchev–Trinajstić information content (AvgIpc) is 3.48. The largest absolute Gasteiger partial charge is 0.463 e. The number of benzene rings is 1. The number of hydrogen-bond acceptors (Lipinski definition) is 5. The number of hydrogen-bond donors (Lipinski definition) is 0. The van der Waals surface area contributed by atoms with E-state index in [1.807, 2.05) is 13.8 Å². The molecule has 1 aromatic carbocycles. The van der Waals surface area contributed by atoms with Gasteiger partial charge in [0.25, 0.3) is 0 Å². The molecule has 0 amide bonds. The predicted octanol–water partition coefficient (Wildman–Crippen LogP) is 13.3. The highest BCUT2D eigenvalue weighted by Crippen LogP contribution is 2.46. The first kappa shape index (κ1) is 47.1. The highest BCUT2D eigenvalue weighted by atomic mass is 28.4. The van der Waals surface area contributed by atoms with Crippen molar-refractivity contribution in [1.82, 2.24) is 0 Å². The van der Waals surface area contributed by atoms with E-state index < -0.39 is 25.0 Å². The van der Waals surface area contributed by atoms with E-state index in [9.17, 15) is 4.79 Å². The maximum Gasteiger partial charge on any atom is 0.306 e. The number of carbonyl (C=O) groups is 1. The van der Waals surface area contributed by atoms with E-state index in [1.165, 1.54) is 60.0 Å². The van der Waals surface area contributed by atoms with Gasteiger partial charge in [0.15, 0.2) is 25.0 Å². The van der Waals surface area contributed by atoms with Gasteiger partial charge in [0, 0.05) is 12.5 Å². The van der Waals surface area contributed by atoms with Gasteiger partial charge < -0.3 is 18.0 Å². The molecule has 0 aliphatic heterocycles. The number of aryl methyl sites for hydroxylation is 1. The molecule has 0 radical (unpaired) electrons. The molecule has 1 fully saturated rings. The number of rotatable bonds is 28.